The van der Waals surface area contributed by atoms with E-state index >= 15 is 0 Å². The molecule has 3 heterocycles. The molecule has 8 heteroatoms. The average molecular weight is 388 g/mol. The van der Waals surface area contributed by atoms with Gasteiger partial charge in [0.2, 0.25) is 0 Å². The Balaban J connectivity index is 1.61. The largest absolute Gasteiger partial charge is 0.328 e. The van der Waals surface area contributed by atoms with Crippen molar-refractivity contribution in [3.63, 3.8) is 0 Å². The Labute approximate surface area is 166 Å². The predicted octanol–water partition coefficient (Wildman–Crippen LogP) is 1.42. The van der Waals surface area contributed by atoms with Gasteiger partial charge in [-0.2, -0.15) is 10.1 Å². The Bertz CT molecular complexity index is 1310. The maximum absolute atomic E-state index is 12.5. The number of pyridine rings is 1. The monoisotopic (exact) mass is 388 g/mol. The molecule has 0 radical (unpaired) electrons. The molecule has 1 amide bonds. The Morgan fingerprint density at radius 2 is 1.90 bits per heavy atom. The number of amides is 1. The van der Waals surface area contributed by atoms with E-state index in [4.69, 9.17) is 0 Å². The molecule has 0 aliphatic carbocycles. The molecule has 0 spiro atoms. The van der Waals surface area contributed by atoms with Crippen LogP contribution in [0.25, 0.3) is 11.0 Å². The molecule has 0 saturated carbocycles. The van der Waals surface area contributed by atoms with E-state index in [-0.39, 0.29) is 12.1 Å². The lowest BCUT2D eigenvalue weighted by Crippen LogP contribution is -2.27. The second-order valence-corrected chi connectivity index (χ2v) is 6.86. The van der Waals surface area contributed by atoms with Crippen LogP contribution in [-0.4, -0.2) is 29.8 Å². The topological polar surface area (TPSA) is 87.1 Å². The SMILES string of the molecule is Cc1ccc(Cn2ccccc2=NC(=O)Cn2cnc3c(cnn3C)c2=O)cc1. The van der Waals surface area contributed by atoms with Crippen LogP contribution in [0, 0.1) is 6.92 Å². The number of aromatic nitrogens is 5. The summed E-state index contributed by atoms with van der Waals surface area (Å²) in [6.07, 6.45) is 4.68. The van der Waals surface area contributed by atoms with E-state index in [1.165, 1.54) is 27.3 Å². The third kappa shape index (κ3) is 3.91. The van der Waals surface area contributed by atoms with Crippen molar-refractivity contribution in [1.29, 1.82) is 0 Å². The maximum atomic E-state index is 12.5. The van der Waals surface area contributed by atoms with Crippen molar-refractivity contribution >= 4 is 16.9 Å². The molecule has 0 N–H and O–H groups in total. The van der Waals surface area contributed by atoms with E-state index < -0.39 is 5.91 Å². The van der Waals surface area contributed by atoms with Gasteiger partial charge in [-0.15, -0.1) is 0 Å². The van der Waals surface area contributed by atoms with Crippen molar-refractivity contribution in [2.75, 3.05) is 0 Å². The molecule has 0 fully saturated rings. The molecule has 3 aromatic heterocycles. The number of rotatable bonds is 4. The zero-order chi connectivity index (χ0) is 20.4. The van der Waals surface area contributed by atoms with E-state index in [9.17, 15) is 9.59 Å². The number of aryl methyl sites for hydroxylation is 2. The summed E-state index contributed by atoms with van der Waals surface area (Å²) in [5.41, 5.74) is 3.00. The third-order valence-electron chi connectivity index (χ3n) is 4.65. The van der Waals surface area contributed by atoms with Gasteiger partial charge < -0.3 is 4.57 Å². The molecule has 0 aliphatic rings. The van der Waals surface area contributed by atoms with Gasteiger partial charge in [0.15, 0.2) is 5.65 Å². The fourth-order valence-electron chi connectivity index (χ4n) is 3.08. The first kappa shape index (κ1) is 18.5. The second-order valence-electron chi connectivity index (χ2n) is 6.86. The van der Waals surface area contributed by atoms with E-state index in [1.54, 1.807) is 13.1 Å². The number of benzene rings is 1. The second kappa shape index (κ2) is 7.67. The fourth-order valence-corrected chi connectivity index (χ4v) is 3.08. The number of nitrogens with zero attached hydrogens (tertiary/aromatic N) is 6. The van der Waals surface area contributed by atoms with Gasteiger partial charge in [0.25, 0.3) is 11.5 Å². The summed E-state index contributed by atoms with van der Waals surface area (Å²) in [6.45, 7) is 2.45. The first-order chi connectivity index (χ1) is 14.0. The van der Waals surface area contributed by atoms with Crippen LogP contribution in [0.4, 0.5) is 0 Å². The van der Waals surface area contributed by atoms with Crippen molar-refractivity contribution in [2.45, 2.75) is 20.0 Å². The number of hydrogen-bond donors (Lipinski definition) is 0. The zero-order valence-corrected chi connectivity index (χ0v) is 16.2. The summed E-state index contributed by atoms with van der Waals surface area (Å²) >= 11 is 0. The minimum Gasteiger partial charge on any atom is -0.328 e. The highest BCUT2D eigenvalue weighted by Gasteiger charge is 2.10. The van der Waals surface area contributed by atoms with Crippen molar-refractivity contribution < 1.29 is 4.79 Å². The van der Waals surface area contributed by atoms with E-state index in [0.717, 1.165) is 5.56 Å². The van der Waals surface area contributed by atoms with Gasteiger partial charge in [0, 0.05) is 19.8 Å². The van der Waals surface area contributed by atoms with Crippen molar-refractivity contribution in [1.82, 2.24) is 23.9 Å². The van der Waals surface area contributed by atoms with Crippen molar-refractivity contribution in [3.8, 4) is 0 Å². The van der Waals surface area contributed by atoms with Crippen molar-refractivity contribution in [3.05, 3.63) is 88.2 Å². The molecular formula is C21H20N6O2. The molecule has 0 bridgehead atoms. The van der Waals surface area contributed by atoms with Crippen LogP contribution in [0.15, 0.2) is 71.0 Å². The quantitative estimate of drug-likeness (QED) is 0.529. The van der Waals surface area contributed by atoms with Gasteiger partial charge in [-0.1, -0.05) is 35.9 Å². The molecule has 4 rings (SSSR count). The van der Waals surface area contributed by atoms with E-state index in [1.807, 2.05) is 29.8 Å². The Morgan fingerprint density at radius 1 is 1.10 bits per heavy atom. The molecule has 0 aliphatic heterocycles. The lowest BCUT2D eigenvalue weighted by atomic mass is 10.1. The zero-order valence-electron chi connectivity index (χ0n) is 16.2. The highest BCUT2D eigenvalue weighted by atomic mass is 16.2. The van der Waals surface area contributed by atoms with E-state index in [0.29, 0.717) is 23.1 Å². The smallest absolute Gasteiger partial charge is 0.267 e. The van der Waals surface area contributed by atoms with E-state index in [2.05, 4.69) is 39.3 Å². The average Bonchev–Trinajstić information content (AvgIpc) is 3.09. The standard InChI is InChI=1S/C21H20N6O2/c1-15-6-8-16(9-7-15)12-26-10-4-3-5-18(26)24-19(28)13-27-14-22-20-17(21(27)29)11-23-25(20)2/h3-11,14H,12-13H2,1-2H3. The minimum atomic E-state index is -0.430. The molecule has 0 atom stereocenters. The number of carbonyl (C=O) groups excluding carboxylic acids is 1. The van der Waals surface area contributed by atoms with Crippen LogP contribution < -0.4 is 11.0 Å². The van der Waals surface area contributed by atoms with Gasteiger partial charge in [-0.05, 0) is 24.6 Å². The molecule has 1 aromatic carbocycles. The third-order valence-corrected chi connectivity index (χ3v) is 4.65. The molecule has 0 saturated heterocycles. The minimum absolute atomic E-state index is 0.184. The van der Waals surface area contributed by atoms with Gasteiger partial charge in [0.1, 0.15) is 23.7 Å². The predicted molar refractivity (Wildman–Crippen MR) is 108 cm³/mol. The fraction of sp³-hybridized carbons (Fsp3) is 0.190. The summed E-state index contributed by atoms with van der Waals surface area (Å²) in [7, 11) is 1.71. The summed E-state index contributed by atoms with van der Waals surface area (Å²) in [5.74, 6) is -0.430. The summed E-state index contributed by atoms with van der Waals surface area (Å²) in [4.78, 5) is 33.5. The first-order valence-corrected chi connectivity index (χ1v) is 9.17. The van der Waals surface area contributed by atoms with Crippen LogP contribution in [0.2, 0.25) is 0 Å². The van der Waals surface area contributed by atoms with Crippen LogP contribution in [0.3, 0.4) is 0 Å². The lowest BCUT2D eigenvalue weighted by Gasteiger charge is -2.08. The van der Waals surface area contributed by atoms with Crippen molar-refractivity contribution in [2.24, 2.45) is 12.0 Å². The molecule has 4 aromatic rings. The Morgan fingerprint density at radius 3 is 2.69 bits per heavy atom. The maximum Gasteiger partial charge on any atom is 0.267 e. The van der Waals surface area contributed by atoms with Crippen LogP contribution in [-0.2, 0) is 24.9 Å². The summed E-state index contributed by atoms with van der Waals surface area (Å²) in [5, 5.41) is 4.40. The number of fused-ring (bicyclic) bond motifs is 1. The summed E-state index contributed by atoms with van der Waals surface area (Å²) in [6, 6.07) is 13.7. The van der Waals surface area contributed by atoms with Gasteiger partial charge in [0.05, 0.1) is 6.20 Å². The van der Waals surface area contributed by atoms with Crippen LogP contribution >= 0.6 is 0 Å². The van der Waals surface area contributed by atoms with Crippen LogP contribution in [0.1, 0.15) is 11.1 Å². The molecule has 146 valence electrons. The molecular weight excluding hydrogens is 368 g/mol. The lowest BCUT2D eigenvalue weighted by molar-refractivity contribution is -0.118. The normalized spacial score (nSPS) is 11.9. The van der Waals surface area contributed by atoms with Gasteiger partial charge >= 0.3 is 0 Å². The van der Waals surface area contributed by atoms with Gasteiger partial charge in [-0.3, -0.25) is 18.8 Å². The number of carbonyl (C=O) groups is 1. The van der Waals surface area contributed by atoms with Crippen LogP contribution in [0.5, 0.6) is 0 Å². The molecule has 0 unspecified atom stereocenters. The van der Waals surface area contributed by atoms with Gasteiger partial charge in [-0.25, -0.2) is 4.98 Å². The first-order valence-electron chi connectivity index (χ1n) is 9.17. The summed E-state index contributed by atoms with van der Waals surface area (Å²) < 4.78 is 4.67. The molecule has 8 nitrogen and oxygen atoms in total. The number of hydrogen-bond acceptors (Lipinski definition) is 4. The highest BCUT2D eigenvalue weighted by Crippen LogP contribution is 2.05. The highest BCUT2D eigenvalue weighted by molar-refractivity contribution is 5.77. The Hall–Kier alpha value is -3.81. The molecule has 29 heavy (non-hydrogen) atoms. The Kier molecular flexibility index (Phi) is 4.90.